The number of rotatable bonds is 4. The van der Waals surface area contributed by atoms with Gasteiger partial charge < -0.3 is 0 Å². The number of benzene rings is 1. The van der Waals surface area contributed by atoms with Gasteiger partial charge in [0.1, 0.15) is 0 Å². The lowest BCUT2D eigenvalue weighted by molar-refractivity contribution is 0.604. The van der Waals surface area contributed by atoms with Crippen LogP contribution < -0.4 is 5.09 Å². The van der Waals surface area contributed by atoms with Gasteiger partial charge in [0.05, 0.1) is 16.7 Å². The molecule has 1 rings (SSSR count). The third-order valence-corrected chi connectivity index (χ3v) is 4.46. The molecule has 18 heavy (non-hydrogen) atoms. The molecule has 0 aliphatic rings. The lowest BCUT2D eigenvalue weighted by atomic mass is 10.3. The molecule has 96 valence electrons. The fourth-order valence-electron chi connectivity index (χ4n) is 1.06. The van der Waals surface area contributed by atoms with Crippen LogP contribution in [0.1, 0.15) is 0 Å². The third-order valence-electron chi connectivity index (χ3n) is 1.76. The molecule has 0 saturated heterocycles. The van der Waals surface area contributed by atoms with Crippen LogP contribution in [0.5, 0.6) is 0 Å². The molecule has 0 fully saturated rings. The minimum Gasteiger partial charge on any atom is -0.219 e. The van der Waals surface area contributed by atoms with E-state index >= 15 is 0 Å². The summed E-state index contributed by atoms with van der Waals surface area (Å²) in [6, 6.07) is 7.30. The van der Waals surface area contributed by atoms with Gasteiger partial charge in [0.2, 0.25) is 9.84 Å². The van der Waals surface area contributed by atoms with Gasteiger partial charge in [-0.3, -0.25) is 0 Å². The quantitative estimate of drug-likeness (QED) is 0.653. The second-order valence-corrected chi connectivity index (χ2v) is 12.1. The van der Waals surface area contributed by atoms with Crippen molar-refractivity contribution in [3.05, 3.63) is 35.7 Å². The summed E-state index contributed by atoms with van der Waals surface area (Å²) in [7, 11) is -3.60. The van der Waals surface area contributed by atoms with E-state index in [4.69, 9.17) is 39.0 Å². The summed E-state index contributed by atoms with van der Waals surface area (Å²) < 4.78 is 23.3. The van der Waals surface area contributed by atoms with Crippen molar-refractivity contribution in [2.45, 2.75) is 4.90 Å². The van der Waals surface area contributed by atoms with Crippen molar-refractivity contribution >= 4 is 54.7 Å². The first-order valence-corrected chi connectivity index (χ1v) is 10.5. The lowest BCUT2D eigenvalue weighted by Crippen LogP contribution is -1.96. The first kappa shape index (κ1) is 15.6. The van der Waals surface area contributed by atoms with E-state index in [9.17, 15) is 8.42 Å². The Hall–Kier alpha value is -0.500. The lowest BCUT2D eigenvalue weighted by Gasteiger charge is -2.05. The third kappa shape index (κ3) is 5.01. The molecule has 0 bridgehead atoms. The predicted octanol–water partition coefficient (Wildman–Crippen LogP) is 4.30. The number of hydrogen-bond acceptors (Lipinski definition) is 4. The van der Waals surface area contributed by atoms with Crippen molar-refractivity contribution in [3.63, 3.8) is 0 Å². The Morgan fingerprint density at radius 1 is 1.22 bits per heavy atom. The summed E-state index contributed by atoms with van der Waals surface area (Å²) in [5.74, 6) is 0. The molecule has 0 atom stereocenters. The number of hydrogen-bond donors (Lipinski definition) is 1. The van der Waals surface area contributed by atoms with Crippen molar-refractivity contribution in [1.29, 1.82) is 5.26 Å². The molecule has 0 radical (unpaired) electrons. The Balaban J connectivity index is 2.97. The molecule has 1 aromatic rings. The van der Waals surface area contributed by atoms with Crippen LogP contribution in [-0.4, -0.2) is 8.42 Å². The van der Waals surface area contributed by atoms with Gasteiger partial charge in [0.25, 0.3) is 0 Å². The smallest absolute Gasteiger partial charge is 0.219 e. The van der Waals surface area contributed by atoms with E-state index in [0.29, 0.717) is 5.69 Å². The maximum absolute atomic E-state index is 11.7. The number of nitrogens with zero attached hydrogens (tertiary/aromatic N) is 1. The fraction of sp³-hybridized carbons (Fsp3) is 0. The zero-order chi connectivity index (χ0) is 13.8. The van der Waals surface area contributed by atoms with Crippen molar-refractivity contribution in [2.24, 2.45) is 0 Å². The Labute approximate surface area is 120 Å². The molecule has 0 amide bonds. The number of anilines is 1. The standard InChI is InChI=1S/C9H7Cl3N2O2PS/c10-17(11,12)14-8-2-4-9(5-3-8)18(15,16)7-1-6-13/h1-5,7,14H/q+1. The second-order valence-electron chi connectivity index (χ2n) is 3.06. The molecular formula is C9H7Cl3N2O2PS+. The van der Waals surface area contributed by atoms with Gasteiger partial charge in [-0.15, -0.1) is 0 Å². The Morgan fingerprint density at radius 3 is 2.22 bits per heavy atom. The van der Waals surface area contributed by atoms with Crippen LogP contribution >= 0.6 is 39.2 Å². The Bertz CT molecular complexity index is 588. The summed E-state index contributed by atoms with van der Waals surface area (Å²) in [6.07, 6.45) is 0.897. The van der Waals surface area contributed by atoms with Gasteiger partial charge in [-0.05, 0) is 24.3 Å². The minimum absolute atomic E-state index is 0.0576. The maximum Gasteiger partial charge on any atom is 0.397 e. The molecular weight excluding hydrogens is 338 g/mol. The van der Waals surface area contributed by atoms with Crippen LogP contribution in [0.3, 0.4) is 0 Å². The highest BCUT2D eigenvalue weighted by atomic mass is 36.1. The number of allylic oxidation sites excluding steroid dienone is 1. The van der Waals surface area contributed by atoms with Crippen LogP contribution in [0.15, 0.2) is 40.6 Å². The highest BCUT2D eigenvalue weighted by molar-refractivity contribution is 8.33. The monoisotopic (exact) mass is 343 g/mol. The topological polar surface area (TPSA) is 70.0 Å². The van der Waals surface area contributed by atoms with Crippen molar-refractivity contribution < 1.29 is 8.42 Å². The van der Waals surface area contributed by atoms with Crippen molar-refractivity contribution in [3.8, 4) is 6.07 Å². The molecule has 0 aliphatic heterocycles. The average molecular weight is 345 g/mol. The normalized spacial score (nSPS) is 12.3. The highest BCUT2D eigenvalue weighted by Crippen LogP contribution is 2.72. The molecule has 0 aliphatic carbocycles. The number of nitrogens with one attached hydrogen (secondary N) is 1. The highest BCUT2D eigenvalue weighted by Gasteiger charge is 2.32. The van der Waals surface area contributed by atoms with Crippen LogP contribution in [0.25, 0.3) is 0 Å². The molecule has 9 heteroatoms. The first-order valence-electron chi connectivity index (χ1n) is 4.42. The SMILES string of the molecule is N#CC=CS(=O)(=O)c1ccc(N[P+](Cl)(Cl)Cl)cc1. The van der Waals surface area contributed by atoms with Crippen LogP contribution in [0.2, 0.25) is 0 Å². The Morgan fingerprint density at radius 2 is 1.78 bits per heavy atom. The van der Waals surface area contributed by atoms with Crippen molar-refractivity contribution in [1.82, 2.24) is 0 Å². The molecule has 0 unspecified atom stereocenters. The van der Waals surface area contributed by atoms with E-state index in [1.807, 2.05) is 0 Å². The van der Waals surface area contributed by atoms with E-state index < -0.39 is 15.3 Å². The van der Waals surface area contributed by atoms with Crippen LogP contribution in [0.4, 0.5) is 5.69 Å². The van der Waals surface area contributed by atoms with E-state index in [1.54, 1.807) is 6.07 Å². The average Bonchev–Trinajstić information content (AvgIpc) is 2.25. The molecule has 4 nitrogen and oxygen atoms in total. The second kappa shape index (κ2) is 6.10. The summed E-state index contributed by atoms with van der Waals surface area (Å²) in [4.78, 5) is 0.0576. The zero-order valence-electron chi connectivity index (χ0n) is 8.72. The molecule has 0 spiro atoms. The van der Waals surface area contributed by atoms with Gasteiger partial charge in [0.15, 0.2) is 33.7 Å². The summed E-state index contributed by atoms with van der Waals surface area (Å²) in [6.45, 7) is 0. The van der Waals surface area contributed by atoms with Gasteiger partial charge in [-0.25, -0.2) is 13.5 Å². The predicted molar refractivity (Wildman–Crippen MR) is 76.5 cm³/mol. The summed E-state index contributed by atoms with van der Waals surface area (Å²) in [5, 5.41) is 11.8. The summed E-state index contributed by atoms with van der Waals surface area (Å²) in [5.41, 5.74) is -2.24. The van der Waals surface area contributed by atoms with Gasteiger partial charge in [-0.1, -0.05) is 0 Å². The van der Waals surface area contributed by atoms with Gasteiger partial charge in [-0.2, -0.15) is 5.26 Å². The van der Waals surface area contributed by atoms with Crippen LogP contribution in [0, 0.1) is 11.3 Å². The minimum atomic E-state index is -3.60. The fourth-order valence-corrected chi connectivity index (χ4v) is 3.30. The maximum atomic E-state index is 11.7. The molecule has 1 aromatic carbocycles. The number of halogens is 3. The van der Waals surface area contributed by atoms with E-state index in [-0.39, 0.29) is 4.90 Å². The Kier molecular flexibility index (Phi) is 5.27. The summed E-state index contributed by atoms with van der Waals surface area (Å²) >= 11 is 16.9. The largest absolute Gasteiger partial charge is 0.397 e. The number of sulfone groups is 1. The first-order chi connectivity index (χ1) is 8.24. The molecule has 1 N–H and O–H groups in total. The van der Waals surface area contributed by atoms with E-state index in [0.717, 1.165) is 11.5 Å². The van der Waals surface area contributed by atoms with Crippen molar-refractivity contribution in [2.75, 3.05) is 5.09 Å². The van der Waals surface area contributed by atoms with E-state index in [1.165, 1.54) is 24.3 Å². The van der Waals surface area contributed by atoms with Crippen LogP contribution in [-0.2, 0) is 9.84 Å². The van der Waals surface area contributed by atoms with Gasteiger partial charge in [0, 0.05) is 11.5 Å². The number of nitriles is 1. The van der Waals surface area contributed by atoms with E-state index in [2.05, 4.69) is 5.09 Å². The van der Waals surface area contributed by atoms with Gasteiger partial charge >= 0.3 is 5.47 Å². The molecule has 0 heterocycles. The molecule has 0 aromatic heterocycles. The molecule has 0 saturated carbocycles. The zero-order valence-corrected chi connectivity index (χ0v) is 12.7.